The molecule has 0 amide bonds. The molecule has 0 N–H and O–H groups in total. The first-order chi connectivity index (χ1) is 8.61. The van der Waals surface area contributed by atoms with Gasteiger partial charge in [0.2, 0.25) is 0 Å². The van der Waals surface area contributed by atoms with Crippen LogP contribution in [-0.4, -0.2) is 37.1 Å². The van der Waals surface area contributed by atoms with Crippen molar-refractivity contribution in [3.63, 3.8) is 0 Å². The fraction of sp³-hybridized carbons (Fsp3) is 0.500. The van der Waals surface area contributed by atoms with Gasteiger partial charge in [0.15, 0.2) is 0 Å². The minimum absolute atomic E-state index is 0.585. The maximum absolute atomic E-state index is 9.15. The smallest absolute Gasteiger partial charge is 0.101 e. The third-order valence-electron chi connectivity index (χ3n) is 3.47. The second-order valence-electron chi connectivity index (χ2n) is 4.89. The van der Waals surface area contributed by atoms with E-state index in [1.54, 1.807) is 12.1 Å². The van der Waals surface area contributed by atoms with Gasteiger partial charge in [0.25, 0.3) is 0 Å². The molecule has 18 heavy (non-hydrogen) atoms. The summed E-state index contributed by atoms with van der Waals surface area (Å²) >= 11 is 6.03. The first kappa shape index (κ1) is 13.2. The van der Waals surface area contributed by atoms with Crippen LogP contribution in [0.25, 0.3) is 0 Å². The van der Waals surface area contributed by atoms with Crippen molar-refractivity contribution in [2.45, 2.75) is 19.9 Å². The highest BCUT2D eigenvalue weighted by molar-refractivity contribution is 6.30. The summed E-state index contributed by atoms with van der Waals surface area (Å²) in [7, 11) is 0. The van der Waals surface area contributed by atoms with Crippen LogP contribution in [0.1, 0.15) is 19.4 Å². The molecule has 0 aliphatic carbocycles. The second kappa shape index (κ2) is 5.60. The number of nitriles is 1. The lowest BCUT2D eigenvalue weighted by Crippen LogP contribution is -2.49. The molecule has 0 saturated carbocycles. The number of rotatable bonds is 2. The van der Waals surface area contributed by atoms with Gasteiger partial charge >= 0.3 is 0 Å². The lowest BCUT2D eigenvalue weighted by Gasteiger charge is -2.38. The number of halogens is 1. The van der Waals surface area contributed by atoms with Crippen molar-refractivity contribution in [2.75, 3.05) is 31.1 Å². The van der Waals surface area contributed by atoms with Crippen LogP contribution in [0.5, 0.6) is 0 Å². The number of piperazine rings is 1. The van der Waals surface area contributed by atoms with E-state index in [-0.39, 0.29) is 0 Å². The van der Waals surface area contributed by atoms with Crippen molar-refractivity contribution >= 4 is 17.3 Å². The summed E-state index contributed by atoms with van der Waals surface area (Å²) in [5.74, 6) is 0. The van der Waals surface area contributed by atoms with E-state index in [4.69, 9.17) is 16.9 Å². The summed E-state index contributed by atoms with van der Waals surface area (Å²) in [6.07, 6.45) is 0. The minimum atomic E-state index is 0.585. The third kappa shape index (κ3) is 2.77. The molecule has 4 heteroatoms. The maximum Gasteiger partial charge on any atom is 0.101 e. The monoisotopic (exact) mass is 263 g/mol. The van der Waals surface area contributed by atoms with E-state index in [2.05, 4.69) is 29.7 Å². The van der Waals surface area contributed by atoms with Gasteiger partial charge in [-0.2, -0.15) is 5.26 Å². The Labute approximate surface area is 114 Å². The molecular weight excluding hydrogens is 246 g/mol. The number of nitrogens with zero attached hydrogens (tertiary/aromatic N) is 3. The molecule has 3 nitrogen and oxygen atoms in total. The van der Waals surface area contributed by atoms with E-state index in [9.17, 15) is 0 Å². The molecule has 0 unspecified atom stereocenters. The number of hydrogen-bond donors (Lipinski definition) is 0. The molecule has 0 atom stereocenters. The Bertz CT molecular complexity index is 457. The van der Waals surface area contributed by atoms with Crippen molar-refractivity contribution in [3.05, 3.63) is 28.8 Å². The summed E-state index contributed by atoms with van der Waals surface area (Å²) in [6.45, 7) is 8.41. The molecule has 1 aromatic rings. The standard InChI is InChI=1S/C14H18ClN3/c1-11(2)17-5-7-18(8-6-17)14-9-13(15)4-3-12(14)10-16/h3-4,9,11H,5-8H2,1-2H3. The normalized spacial score (nSPS) is 16.9. The van der Waals surface area contributed by atoms with Crippen molar-refractivity contribution < 1.29 is 0 Å². The number of benzene rings is 1. The summed E-state index contributed by atoms with van der Waals surface area (Å²) in [6, 6.07) is 8.29. The number of anilines is 1. The average Bonchev–Trinajstić information content (AvgIpc) is 2.39. The van der Waals surface area contributed by atoms with E-state index < -0.39 is 0 Å². The van der Waals surface area contributed by atoms with Gasteiger partial charge in [-0.15, -0.1) is 0 Å². The Hall–Kier alpha value is -1.24. The van der Waals surface area contributed by atoms with Crippen LogP contribution < -0.4 is 4.90 Å². The zero-order valence-corrected chi connectivity index (χ0v) is 11.6. The first-order valence-corrected chi connectivity index (χ1v) is 6.68. The SMILES string of the molecule is CC(C)N1CCN(c2cc(Cl)ccc2C#N)CC1. The van der Waals surface area contributed by atoms with Gasteiger partial charge in [-0.05, 0) is 32.0 Å². The Morgan fingerprint density at radius 2 is 1.89 bits per heavy atom. The Morgan fingerprint density at radius 3 is 2.44 bits per heavy atom. The highest BCUT2D eigenvalue weighted by Gasteiger charge is 2.20. The summed E-state index contributed by atoms with van der Waals surface area (Å²) in [4.78, 5) is 4.70. The predicted octanol–water partition coefficient (Wildman–Crippen LogP) is 2.74. The molecular formula is C14H18ClN3. The Kier molecular flexibility index (Phi) is 4.11. The second-order valence-corrected chi connectivity index (χ2v) is 5.33. The minimum Gasteiger partial charge on any atom is -0.368 e. The molecule has 2 rings (SSSR count). The summed E-state index contributed by atoms with van der Waals surface area (Å²) in [5, 5.41) is 9.84. The first-order valence-electron chi connectivity index (χ1n) is 6.30. The molecule has 1 heterocycles. The van der Waals surface area contributed by atoms with Gasteiger partial charge in [-0.25, -0.2) is 0 Å². The van der Waals surface area contributed by atoms with Gasteiger partial charge in [-0.1, -0.05) is 11.6 Å². The number of hydrogen-bond acceptors (Lipinski definition) is 3. The van der Waals surface area contributed by atoms with Crippen molar-refractivity contribution in [1.29, 1.82) is 5.26 Å². The van der Waals surface area contributed by atoms with E-state index in [0.717, 1.165) is 31.9 Å². The molecule has 0 radical (unpaired) electrons. The molecule has 0 aromatic heterocycles. The third-order valence-corrected chi connectivity index (χ3v) is 3.70. The van der Waals surface area contributed by atoms with Gasteiger partial charge < -0.3 is 4.90 Å². The predicted molar refractivity (Wildman–Crippen MR) is 75.1 cm³/mol. The molecule has 0 bridgehead atoms. The lowest BCUT2D eigenvalue weighted by molar-refractivity contribution is 0.209. The van der Waals surface area contributed by atoms with Crippen LogP contribution >= 0.6 is 11.6 Å². The van der Waals surface area contributed by atoms with Crippen LogP contribution in [0.4, 0.5) is 5.69 Å². The highest BCUT2D eigenvalue weighted by atomic mass is 35.5. The van der Waals surface area contributed by atoms with Crippen molar-refractivity contribution in [2.24, 2.45) is 0 Å². The molecule has 1 aliphatic rings. The molecule has 96 valence electrons. The summed E-state index contributed by atoms with van der Waals surface area (Å²) in [5.41, 5.74) is 1.67. The zero-order valence-electron chi connectivity index (χ0n) is 10.9. The van der Waals surface area contributed by atoms with Gasteiger partial charge in [0.1, 0.15) is 6.07 Å². The topological polar surface area (TPSA) is 30.3 Å². The Morgan fingerprint density at radius 1 is 1.22 bits per heavy atom. The largest absolute Gasteiger partial charge is 0.368 e. The van der Waals surface area contributed by atoms with Gasteiger partial charge in [-0.3, -0.25) is 4.90 Å². The van der Waals surface area contributed by atoms with Gasteiger partial charge in [0, 0.05) is 37.2 Å². The molecule has 1 fully saturated rings. The van der Waals surface area contributed by atoms with Crippen LogP contribution in [-0.2, 0) is 0 Å². The van der Waals surface area contributed by atoms with Crippen LogP contribution in [0, 0.1) is 11.3 Å². The zero-order chi connectivity index (χ0) is 13.1. The lowest BCUT2D eigenvalue weighted by atomic mass is 10.1. The molecule has 1 aliphatic heterocycles. The van der Waals surface area contributed by atoms with Crippen molar-refractivity contribution in [3.8, 4) is 6.07 Å². The van der Waals surface area contributed by atoms with E-state index in [0.29, 0.717) is 16.6 Å². The summed E-state index contributed by atoms with van der Waals surface area (Å²) < 4.78 is 0. The average molecular weight is 264 g/mol. The van der Waals surface area contributed by atoms with Gasteiger partial charge in [0.05, 0.1) is 11.3 Å². The fourth-order valence-corrected chi connectivity index (χ4v) is 2.51. The van der Waals surface area contributed by atoms with E-state index >= 15 is 0 Å². The molecule has 1 saturated heterocycles. The van der Waals surface area contributed by atoms with Crippen LogP contribution in [0.3, 0.4) is 0 Å². The highest BCUT2D eigenvalue weighted by Crippen LogP contribution is 2.25. The fourth-order valence-electron chi connectivity index (χ4n) is 2.34. The molecule has 1 aromatic carbocycles. The Balaban J connectivity index is 2.14. The van der Waals surface area contributed by atoms with Crippen molar-refractivity contribution in [1.82, 2.24) is 4.90 Å². The van der Waals surface area contributed by atoms with Crippen LogP contribution in [0.15, 0.2) is 18.2 Å². The quantitative estimate of drug-likeness (QED) is 0.822. The van der Waals surface area contributed by atoms with E-state index in [1.165, 1.54) is 0 Å². The molecule has 0 spiro atoms. The maximum atomic E-state index is 9.15. The van der Waals surface area contributed by atoms with Crippen LogP contribution in [0.2, 0.25) is 5.02 Å². The van der Waals surface area contributed by atoms with E-state index in [1.807, 2.05) is 6.07 Å².